The molecule has 2 fully saturated rings. The molecule has 5 heteroatoms. The van der Waals surface area contributed by atoms with E-state index in [1.807, 2.05) is 13.8 Å². The van der Waals surface area contributed by atoms with Crippen molar-refractivity contribution in [3.63, 3.8) is 0 Å². The van der Waals surface area contributed by atoms with Crippen LogP contribution in [0.3, 0.4) is 0 Å². The molecule has 0 atom stereocenters. The van der Waals surface area contributed by atoms with Gasteiger partial charge in [0.05, 0.1) is 12.7 Å². The first kappa shape index (κ1) is 12.7. The molecule has 98 valence electrons. The lowest BCUT2D eigenvalue weighted by molar-refractivity contribution is -0.282. The van der Waals surface area contributed by atoms with Crippen molar-refractivity contribution in [2.45, 2.75) is 51.1 Å². The number of methoxy groups -OCH3 is 1. The topological polar surface area (TPSA) is 46.5 Å². The molecule has 0 aromatic carbocycles. The summed E-state index contributed by atoms with van der Waals surface area (Å²) in [6, 6.07) is 0. The number of halogens is 2. The van der Waals surface area contributed by atoms with Gasteiger partial charge in [0.2, 0.25) is 0 Å². The van der Waals surface area contributed by atoms with Crippen molar-refractivity contribution in [1.82, 2.24) is 0 Å². The summed E-state index contributed by atoms with van der Waals surface area (Å²) in [6.45, 7) is 3.90. The smallest absolute Gasteiger partial charge is 0.315 e. The molecule has 17 heavy (non-hydrogen) atoms. The van der Waals surface area contributed by atoms with E-state index in [-0.39, 0.29) is 5.41 Å². The Morgan fingerprint density at radius 3 is 1.94 bits per heavy atom. The maximum Gasteiger partial charge on any atom is 0.315 e. The lowest BCUT2D eigenvalue weighted by Gasteiger charge is -2.62. The van der Waals surface area contributed by atoms with Crippen molar-refractivity contribution < 1.29 is 23.4 Å². The van der Waals surface area contributed by atoms with E-state index in [1.54, 1.807) is 0 Å². The third kappa shape index (κ3) is 1.66. The molecule has 0 unspecified atom stereocenters. The van der Waals surface area contributed by atoms with Crippen LogP contribution in [0, 0.1) is 10.8 Å². The van der Waals surface area contributed by atoms with Crippen molar-refractivity contribution >= 4 is 5.97 Å². The van der Waals surface area contributed by atoms with Gasteiger partial charge in [-0.15, -0.1) is 0 Å². The lowest BCUT2D eigenvalue weighted by atomic mass is 9.45. The monoisotopic (exact) mass is 248 g/mol. The van der Waals surface area contributed by atoms with E-state index in [0.717, 1.165) is 0 Å². The van der Waals surface area contributed by atoms with Crippen LogP contribution in [0.25, 0.3) is 0 Å². The van der Waals surface area contributed by atoms with Gasteiger partial charge in [0.25, 0.3) is 5.92 Å². The number of ether oxygens (including phenoxy) is 1. The Hall–Kier alpha value is -0.710. The highest BCUT2D eigenvalue weighted by atomic mass is 19.3. The van der Waals surface area contributed by atoms with Crippen LogP contribution in [-0.4, -0.2) is 29.7 Å². The Bertz CT molecular complexity index is 347. The lowest BCUT2D eigenvalue weighted by Crippen LogP contribution is -2.70. The normalized spacial score (nSPS) is 30.9. The molecule has 0 bridgehead atoms. The predicted octanol–water partition coefficient (Wildman–Crippen LogP) is 2.13. The molecular weight excluding hydrogens is 230 g/mol. The molecular formula is C12H18F2O3. The fourth-order valence-electron chi connectivity index (χ4n) is 3.56. The van der Waals surface area contributed by atoms with Crippen LogP contribution in [0.4, 0.5) is 8.78 Å². The first-order valence-electron chi connectivity index (χ1n) is 5.75. The van der Waals surface area contributed by atoms with Crippen LogP contribution < -0.4 is 0 Å². The van der Waals surface area contributed by atoms with Gasteiger partial charge in [0.15, 0.2) is 0 Å². The molecule has 0 spiro atoms. The van der Waals surface area contributed by atoms with Gasteiger partial charge in [-0.2, -0.15) is 0 Å². The average molecular weight is 248 g/mol. The van der Waals surface area contributed by atoms with Crippen LogP contribution in [-0.2, 0) is 9.53 Å². The average Bonchev–Trinajstić information content (AvgIpc) is 2.08. The third-order valence-corrected chi connectivity index (χ3v) is 4.13. The minimum absolute atomic E-state index is 0.0966. The number of rotatable bonds is 2. The summed E-state index contributed by atoms with van der Waals surface area (Å²) in [6.07, 6.45) is -0.463. The third-order valence-electron chi connectivity index (χ3n) is 4.13. The van der Waals surface area contributed by atoms with E-state index in [9.17, 15) is 18.7 Å². The summed E-state index contributed by atoms with van der Waals surface area (Å²) in [5, 5.41) is 10.4. The molecule has 0 aromatic rings. The van der Waals surface area contributed by atoms with E-state index in [0.29, 0.717) is 12.8 Å². The number of alkyl halides is 2. The van der Waals surface area contributed by atoms with Gasteiger partial charge in [-0.25, -0.2) is 8.78 Å². The molecule has 0 amide bonds. The molecule has 1 N–H and O–H groups in total. The predicted molar refractivity (Wildman–Crippen MR) is 56.6 cm³/mol. The number of carbonyl (C=O) groups is 1. The number of hydrogen-bond acceptors (Lipinski definition) is 3. The van der Waals surface area contributed by atoms with Crippen molar-refractivity contribution in [1.29, 1.82) is 0 Å². The quantitative estimate of drug-likeness (QED) is 0.761. The van der Waals surface area contributed by atoms with E-state index in [2.05, 4.69) is 4.74 Å². The molecule has 0 aliphatic heterocycles. The zero-order valence-electron chi connectivity index (χ0n) is 10.3. The number of aliphatic hydroxyl groups is 1. The van der Waals surface area contributed by atoms with Crippen molar-refractivity contribution in [2.75, 3.05) is 7.11 Å². The fraction of sp³-hybridized carbons (Fsp3) is 0.917. The second-order valence-corrected chi connectivity index (χ2v) is 6.33. The first-order valence-corrected chi connectivity index (χ1v) is 5.75. The van der Waals surface area contributed by atoms with Gasteiger partial charge < -0.3 is 9.84 Å². The Labute approximate surface area is 99.1 Å². The highest BCUT2D eigenvalue weighted by Gasteiger charge is 2.74. The summed E-state index contributed by atoms with van der Waals surface area (Å²) in [5.74, 6) is -3.56. The van der Waals surface area contributed by atoms with Crippen LogP contribution in [0.5, 0.6) is 0 Å². The first-order chi connectivity index (χ1) is 7.56. The molecule has 2 aliphatic carbocycles. The largest absolute Gasteiger partial charge is 0.469 e. The second kappa shape index (κ2) is 3.19. The maximum atomic E-state index is 13.1. The Morgan fingerprint density at radius 1 is 1.18 bits per heavy atom. The van der Waals surface area contributed by atoms with Crippen molar-refractivity contribution in [2.24, 2.45) is 10.8 Å². The zero-order chi connectivity index (χ0) is 13.1. The Morgan fingerprint density at radius 2 is 1.65 bits per heavy atom. The second-order valence-electron chi connectivity index (χ2n) is 6.33. The van der Waals surface area contributed by atoms with Crippen LogP contribution in [0.2, 0.25) is 0 Å². The summed E-state index contributed by atoms with van der Waals surface area (Å²) >= 11 is 0. The van der Waals surface area contributed by atoms with Crippen LogP contribution >= 0.6 is 0 Å². The van der Waals surface area contributed by atoms with Gasteiger partial charge in [0.1, 0.15) is 5.41 Å². The summed E-state index contributed by atoms with van der Waals surface area (Å²) < 4.78 is 30.8. The number of carbonyl (C=O) groups excluding carboxylic acids is 1. The van der Waals surface area contributed by atoms with Gasteiger partial charge in [-0.3, -0.25) is 4.79 Å². The number of esters is 1. The Balaban J connectivity index is 2.23. The van der Waals surface area contributed by atoms with Gasteiger partial charge in [-0.1, -0.05) is 13.8 Å². The van der Waals surface area contributed by atoms with E-state index < -0.39 is 35.7 Å². The SMILES string of the molecule is COC(=O)C1(C2(O)CC(C)(C)C2)CC(F)(F)C1. The van der Waals surface area contributed by atoms with E-state index in [1.165, 1.54) is 7.11 Å². The van der Waals surface area contributed by atoms with Crippen LogP contribution in [0.1, 0.15) is 39.5 Å². The minimum atomic E-state index is -2.86. The molecule has 0 heterocycles. The highest BCUT2D eigenvalue weighted by Crippen LogP contribution is 2.66. The van der Waals surface area contributed by atoms with Crippen molar-refractivity contribution in [3.8, 4) is 0 Å². The van der Waals surface area contributed by atoms with Crippen LogP contribution in [0.15, 0.2) is 0 Å². The standard InChI is InChI=1S/C12H18F2O3/c1-9(2)4-11(16,5-9)10(8(15)17-3)6-12(13,14)7-10/h16H,4-7H2,1-3H3. The van der Waals surface area contributed by atoms with Gasteiger partial charge in [-0.05, 0) is 18.3 Å². The molecule has 0 aromatic heterocycles. The highest BCUT2D eigenvalue weighted by molar-refractivity contribution is 5.80. The summed E-state index contributed by atoms with van der Waals surface area (Å²) in [7, 11) is 1.17. The minimum Gasteiger partial charge on any atom is -0.469 e. The van der Waals surface area contributed by atoms with Crippen molar-refractivity contribution in [3.05, 3.63) is 0 Å². The Kier molecular flexibility index (Phi) is 2.39. The number of hydrogen-bond donors (Lipinski definition) is 1. The summed E-state index contributed by atoms with van der Waals surface area (Å²) in [4.78, 5) is 11.7. The molecule has 3 nitrogen and oxygen atoms in total. The molecule has 0 radical (unpaired) electrons. The zero-order valence-corrected chi connectivity index (χ0v) is 10.3. The molecule has 0 saturated heterocycles. The van der Waals surface area contributed by atoms with E-state index >= 15 is 0 Å². The molecule has 2 saturated carbocycles. The molecule has 2 aliphatic rings. The van der Waals surface area contributed by atoms with Gasteiger partial charge >= 0.3 is 5.97 Å². The fourth-order valence-corrected chi connectivity index (χ4v) is 3.56. The molecule has 2 rings (SSSR count). The summed E-state index contributed by atoms with van der Waals surface area (Å²) in [5.41, 5.74) is -2.83. The van der Waals surface area contributed by atoms with E-state index in [4.69, 9.17) is 0 Å². The maximum absolute atomic E-state index is 13.1. The van der Waals surface area contributed by atoms with Gasteiger partial charge in [0, 0.05) is 12.8 Å².